The molecule has 100 valence electrons. The fourth-order valence-electron chi connectivity index (χ4n) is 1.93. The number of aryl methyl sites for hydroxylation is 1. The first-order chi connectivity index (χ1) is 9.63. The first-order valence-electron chi connectivity index (χ1n) is 6.48. The highest BCUT2D eigenvalue weighted by molar-refractivity contribution is 6.33. The number of halogens is 1. The molecular weight excluding hydrogens is 268 g/mol. The van der Waals surface area contributed by atoms with Gasteiger partial charge in [0.05, 0.1) is 22.3 Å². The average molecular weight is 283 g/mol. The van der Waals surface area contributed by atoms with E-state index >= 15 is 0 Å². The molecule has 0 aromatic heterocycles. The predicted octanol–water partition coefficient (Wildman–Crippen LogP) is 5.05. The molecule has 2 aromatic carbocycles. The van der Waals surface area contributed by atoms with Gasteiger partial charge in [-0.15, -0.1) is 0 Å². The molecule has 0 saturated carbocycles. The van der Waals surface area contributed by atoms with E-state index in [1.807, 2.05) is 37.3 Å². The molecule has 2 rings (SSSR count). The summed E-state index contributed by atoms with van der Waals surface area (Å²) in [6.45, 7) is 4.06. The lowest BCUT2D eigenvalue weighted by molar-refractivity contribution is 1.26. The zero-order chi connectivity index (χ0) is 14.5. The van der Waals surface area contributed by atoms with Crippen LogP contribution in [0.2, 0.25) is 5.02 Å². The van der Waals surface area contributed by atoms with Crippen LogP contribution in [0.25, 0.3) is 0 Å². The van der Waals surface area contributed by atoms with Crippen molar-refractivity contribution in [3.05, 3.63) is 64.2 Å². The second kappa shape index (κ2) is 6.36. The van der Waals surface area contributed by atoms with Crippen LogP contribution in [-0.2, 0) is 0 Å². The van der Waals surface area contributed by atoms with Gasteiger partial charge in [0.1, 0.15) is 0 Å². The van der Waals surface area contributed by atoms with Crippen molar-refractivity contribution in [2.24, 2.45) is 4.99 Å². The van der Waals surface area contributed by atoms with Crippen molar-refractivity contribution in [3.63, 3.8) is 0 Å². The Morgan fingerprint density at radius 2 is 1.90 bits per heavy atom. The third kappa shape index (κ3) is 3.26. The maximum absolute atomic E-state index is 8.82. The Kier molecular flexibility index (Phi) is 4.55. The number of nitriles is 1. The van der Waals surface area contributed by atoms with Crippen LogP contribution in [0.1, 0.15) is 30.0 Å². The van der Waals surface area contributed by atoms with Gasteiger partial charge in [-0.25, -0.2) is 0 Å². The molecule has 0 fully saturated rings. The molecule has 0 aliphatic rings. The van der Waals surface area contributed by atoms with E-state index in [2.05, 4.69) is 18.0 Å². The summed E-state index contributed by atoms with van der Waals surface area (Å²) < 4.78 is 0. The van der Waals surface area contributed by atoms with E-state index in [9.17, 15) is 0 Å². The average Bonchev–Trinajstić information content (AvgIpc) is 2.47. The van der Waals surface area contributed by atoms with Crippen molar-refractivity contribution >= 4 is 23.0 Å². The molecule has 3 heteroatoms. The Hall–Kier alpha value is -2.11. The monoisotopic (exact) mass is 282 g/mol. The number of rotatable bonds is 3. The third-order valence-electron chi connectivity index (χ3n) is 3.04. The summed E-state index contributed by atoms with van der Waals surface area (Å²) in [6.07, 6.45) is 0.802. The van der Waals surface area contributed by atoms with Crippen LogP contribution in [0.3, 0.4) is 0 Å². The molecule has 0 heterocycles. The first kappa shape index (κ1) is 14.3. The molecule has 0 N–H and O–H groups in total. The van der Waals surface area contributed by atoms with Crippen molar-refractivity contribution in [1.29, 1.82) is 5.26 Å². The zero-order valence-corrected chi connectivity index (χ0v) is 12.3. The van der Waals surface area contributed by atoms with E-state index in [0.717, 1.165) is 28.9 Å². The fourth-order valence-corrected chi connectivity index (χ4v) is 2.21. The van der Waals surface area contributed by atoms with Crippen LogP contribution in [0, 0.1) is 18.3 Å². The number of hydrogen-bond donors (Lipinski definition) is 0. The van der Waals surface area contributed by atoms with Gasteiger partial charge >= 0.3 is 0 Å². The molecule has 20 heavy (non-hydrogen) atoms. The normalized spacial score (nSPS) is 11.2. The number of benzene rings is 2. The molecule has 0 amide bonds. The molecule has 0 unspecified atom stereocenters. The van der Waals surface area contributed by atoms with Crippen LogP contribution in [0.4, 0.5) is 5.69 Å². The van der Waals surface area contributed by atoms with Crippen LogP contribution in [-0.4, -0.2) is 5.71 Å². The lowest BCUT2D eigenvalue weighted by Crippen LogP contribution is -1.98. The smallest absolute Gasteiger partial charge is 0.0991 e. The molecule has 0 saturated heterocycles. The standard InChI is InChI=1S/C17H15ClN2/c1-3-16(14-7-5-13(11-19)6-8-14)20-17-9-4-12(2)10-15(17)18/h4-10H,3H2,1-2H3. The largest absolute Gasteiger partial charge is 0.251 e. The lowest BCUT2D eigenvalue weighted by Gasteiger charge is -2.06. The summed E-state index contributed by atoms with van der Waals surface area (Å²) in [7, 11) is 0. The Morgan fingerprint density at radius 3 is 2.45 bits per heavy atom. The highest BCUT2D eigenvalue weighted by Crippen LogP contribution is 2.27. The minimum absolute atomic E-state index is 0.651. The number of nitrogens with zero attached hydrogens (tertiary/aromatic N) is 2. The van der Waals surface area contributed by atoms with Crippen LogP contribution in [0.15, 0.2) is 47.5 Å². The maximum atomic E-state index is 8.82. The van der Waals surface area contributed by atoms with Gasteiger partial charge in [-0.05, 0) is 48.7 Å². The number of aliphatic imine (C=N–C) groups is 1. The fraction of sp³-hybridized carbons (Fsp3) is 0.176. The molecule has 0 bridgehead atoms. The lowest BCUT2D eigenvalue weighted by atomic mass is 10.1. The second-order valence-electron chi connectivity index (χ2n) is 4.56. The van der Waals surface area contributed by atoms with E-state index < -0.39 is 0 Å². The van der Waals surface area contributed by atoms with Gasteiger partial charge in [0.15, 0.2) is 0 Å². The Bertz CT molecular complexity index is 679. The van der Waals surface area contributed by atoms with Gasteiger partial charge in [0.2, 0.25) is 0 Å². The highest BCUT2D eigenvalue weighted by Gasteiger charge is 2.04. The van der Waals surface area contributed by atoms with Crippen LogP contribution in [0.5, 0.6) is 0 Å². The van der Waals surface area contributed by atoms with Crippen LogP contribution < -0.4 is 0 Å². The molecule has 2 nitrogen and oxygen atoms in total. The van der Waals surface area contributed by atoms with Crippen molar-refractivity contribution < 1.29 is 0 Å². The minimum atomic E-state index is 0.651. The molecule has 0 radical (unpaired) electrons. The number of hydrogen-bond acceptors (Lipinski definition) is 2. The summed E-state index contributed by atoms with van der Waals surface area (Å²) in [5.41, 5.74) is 4.52. The van der Waals surface area contributed by atoms with E-state index in [0.29, 0.717) is 10.6 Å². The minimum Gasteiger partial charge on any atom is -0.251 e. The van der Waals surface area contributed by atoms with Gasteiger partial charge in [-0.1, -0.05) is 36.7 Å². The topological polar surface area (TPSA) is 36.1 Å². The molecular formula is C17H15ClN2. The van der Waals surface area contributed by atoms with Gasteiger partial charge < -0.3 is 0 Å². The molecule has 2 aromatic rings. The molecule has 0 atom stereocenters. The highest BCUT2D eigenvalue weighted by atomic mass is 35.5. The van der Waals surface area contributed by atoms with E-state index in [-0.39, 0.29) is 0 Å². The van der Waals surface area contributed by atoms with Crippen molar-refractivity contribution in [2.75, 3.05) is 0 Å². The first-order valence-corrected chi connectivity index (χ1v) is 6.86. The molecule has 0 aliphatic carbocycles. The predicted molar refractivity (Wildman–Crippen MR) is 83.8 cm³/mol. The van der Waals surface area contributed by atoms with E-state index in [1.54, 1.807) is 12.1 Å². The van der Waals surface area contributed by atoms with E-state index in [4.69, 9.17) is 16.9 Å². The van der Waals surface area contributed by atoms with Crippen molar-refractivity contribution in [3.8, 4) is 6.07 Å². The Morgan fingerprint density at radius 1 is 1.20 bits per heavy atom. The molecule has 0 spiro atoms. The second-order valence-corrected chi connectivity index (χ2v) is 4.96. The SMILES string of the molecule is CCC(=Nc1ccc(C)cc1Cl)c1ccc(C#N)cc1. The summed E-state index contributed by atoms with van der Waals surface area (Å²) in [5, 5.41) is 9.48. The quantitative estimate of drug-likeness (QED) is 0.726. The van der Waals surface area contributed by atoms with Crippen molar-refractivity contribution in [2.45, 2.75) is 20.3 Å². The van der Waals surface area contributed by atoms with Gasteiger partial charge in [0.25, 0.3) is 0 Å². The Labute approximate surface area is 124 Å². The maximum Gasteiger partial charge on any atom is 0.0991 e. The van der Waals surface area contributed by atoms with Gasteiger partial charge in [-0.2, -0.15) is 5.26 Å². The van der Waals surface area contributed by atoms with Gasteiger partial charge in [-0.3, -0.25) is 4.99 Å². The Balaban J connectivity index is 2.40. The zero-order valence-electron chi connectivity index (χ0n) is 11.5. The van der Waals surface area contributed by atoms with Crippen molar-refractivity contribution in [1.82, 2.24) is 0 Å². The summed E-state index contributed by atoms with van der Waals surface area (Å²) in [6, 6.07) is 15.4. The molecule has 0 aliphatic heterocycles. The van der Waals surface area contributed by atoms with E-state index in [1.165, 1.54) is 0 Å². The summed E-state index contributed by atoms with van der Waals surface area (Å²) in [5.74, 6) is 0. The summed E-state index contributed by atoms with van der Waals surface area (Å²) in [4.78, 5) is 4.65. The van der Waals surface area contributed by atoms with Gasteiger partial charge in [0, 0.05) is 5.71 Å². The van der Waals surface area contributed by atoms with Crippen LogP contribution >= 0.6 is 11.6 Å². The third-order valence-corrected chi connectivity index (χ3v) is 3.34. The summed E-state index contributed by atoms with van der Waals surface area (Å²) >= 11 is 6.22.